The van der Waals surface area contributed by atoms with Crippen molar-refractivity contribution < 1.29 is 9.59 Å². The molecule has 0 spiro atoms. The van der Waals surface area contributed by atoms with Gasteiger partial charge in [-0.2, -0.15) is 0 Å². The van der Waals surface area contributed by atoms with E-state index in [-0.39, 0.29) is 11.8 Å². The van der Waals surface area contributed by atoms with Gasteiger partial charge in [-0.1, -0.05) is 67.7 Å². The lowest BCUT2D eigenvalue weighted by atomic mass is 10.2. The zero-order valence-electron chi connectivity index (χ0n) is 17.7. The average molecular weight is 387 g/mol. The van der Waals surface area contributed by atoms with Crippen LogP contribution < -0.4 is 10.6 Å². The highest BCUT2D eigenvalue weighted by Crippen LogP contribution is 1.99. The summed E-state index contributed by atoms with van der Waals surface area (Å²) in [5, 5.41) is 5.44. The third kappa shape index (κ3) is 21.7. The predicted octanol–water partition coefficient (Wildman–Crippen LogP) is 5.16. The van der Waals surface area contributed by atoms with Crippen LogP contribution in [0.25, 0.3) is 0 Å². The van der Waals surface area contributed by atoms with Gasteiger partial charge in [0.1, 0.15) is 0 Å². The Hall–Kier alpha value is -2.36. The fourth-order valence-corrected chi connectivity index (χ4v) is 2.28. The molecule has 0 saturated carbocycles. The topological polar surface area (TPSA) is 58.2 Å². The molecule has 0 unspecified atom stereocenters. The summed E-state index contributed by atoms with van der Waals surface area (Å²) in [4.78, 5) is 22.3. The normalized spacial score (nSPS) is 12.2. The largest absolute Gasteiger partial charge is 0.355 e. The number of rotatable bonds is 16. The van der Waals surface area contributed by atoms with Crippen LogP contribution in [-0.2, 0) is 9.59 Å². The second-order valence-corrected chi connectivity index (χ2v) is 6.43. The molecule has 156 valence electrons. The summed E-state index contributed by atoms with van der Waals surface area (Å²) in [5.74, 6) is -0.0367. The Kier molecular flexibility index (Phi) is 19.2. The van der Waals surface area contributed by atoms with Crippen LogP contribution in [0.5, 0.6) is 0 Å². The van der Waals surface area contributed by atoms with Crippen molar-refractivity contribution in [3.05, 3.63) is 60.8 Å². The molecule has 0 aromatic heterocycles. The van der Waals surface area contributed by atoms with E-state index in [1.165, 1.54) is 6.92 Å². The average Bonchev–Trinajstić information content (AvgIpc) is 2.67. The van der Waals surface area contributed by atoms with Crippen LogP contribution >= 0.6 is 0 Å². The maximum absolute atomic E-state index is 11.6. The molecule has 0 fully saturated rings. The molecule has 28 heavy (non-hydrogen) atoms. The molecule has 0 atom stereocenters. The van der Waals surface area contributed by atoms with Crippen LogP contribution in [0, 0.1) is 0 Å². The van der Waals surface area contributed by atoms with E-state index in [4.69, 9.17) is 0 Å². The fraction of sp³-hybridized carbons (Fsp3) is 0.500. The van der Waals surface area contributed by atoms with Gasteiger partial charge >= 0.3 is 0 Å². The van der Waals surface area contributed by atoms with Crippen molar-refractivity contribution in [2.75, 3.05) is 13.1 Å². The highest BCUT2D eigenvalue weighted by molar-refractivity contribution is 5.76. The van der Waals surface area contributed by atoms with Crippen molar-refractivity contribution in [1.29, 1.82) is 0 Å². The monoisotopic (exact) mass is 386 g/mol. The van der Waals surface area contributed by atoms with E-state index in [1.807, 2.05) is 0 Å². The number of hydrogen-bond donors (Lipinski definition) is 2. The third-order valence-electron chi connectivity index (χ3n) is 3.75. The van der Waals surface area contributed by atoms with E-state index in [0.29, 0.717) is 19.5 Å². The number of carbonyl (C=O) groups is 2. The first-order valence-corrected chi connectivity index (χ1v) is 10.4. The van der Waals surface area contributed by atoms with Gasteiger partial charge in [0.2, 0.25) is 11.8 Å². The van der Waals surface area contributed by atoms with Crippen LogP contribution in [0.4, 0.5) is 0 Å². The minimum absolute atomic E-state index is 0.0395. The van der Waals surface area contributed by atoms with Crippen molar-refractivity contribution in [2.24, 2.45) is 0 Å². The zero-order valence-corrected chi connectivity index (χ0v) is 17.7. The molecular weight excluding hydrogens is 348 g/mol. The van der Waals surface area contributed by atoms with Crippen molar-refractivity contribution >= 4 is 11.8 Å². The molecule has 0 aliphatic carbocycles. The lowest BCUT2D eigenvalue weighted by Crippen LogP contribution is -2.33. The fourth-order valence-electron chi connectivity index (χ4n) is 2.28. The molecule has 0 bridgehead atoms. The van der Waals surface area contributed by atoms with E-state index in [9.17, 15) is 9.59 Å². The molecule has 2 amide bonds. The molecule has 2 N–H and O–H groups in total. The summed E-state index contributed by atoms with van der Waals surface area (Å²) in [6.45, 7) is 4.58. The first kappa shape index (κ1) is 25.6. The number of amides is 2. The zero-order chi connectivity index (χ0) is 20.7. The number of hydrogen-bond acceptors (Lipinski definition) is 2. The maximum atomic E-state index is 11.6. The summed E-state index contributed by atoms with van der Waals surface area (Å²) in [6.07, 6.45) is 29.1. The summed E-state index contributed by atoms with van der Waals surface area (Å²) >= 11 is 0. The lowest BCUT2D eigenvalue weighted by molar-refractivity contribution is -0.122. The van der Waals surface area contributed by atoms with Crippen molar-refractivity contribution in [3.8, 4) is 0 Å². The molecule has 0 aromatic rings. The Morgan fingerprint density at radius 3 is 1.64 bits per heavy atom. The van der Waals surface area contributed by atoms with Gasteiger partial charge in [-0.3, -0.25) is 9.59 Å². The number of unbranched alkanes of at least 4 members (excludes halogenated alkanes) is 1. The van der Waals surface area contributed by atoms with Gasteiger partial charge in [0.05, 0.1) is 0 Å². The molecule has 0 aliphatic rings. The first-order chi connectivity index (χ1) is 13.7. The third-order valence-corrected chi connectivity index (χ3v) is 3.75. The summed E-state index contributed by atoms with van der Waals surface area (Å²) < 4.78 is 0. The predicted molar refractivity (Wildman–Crippen MR) is 120 cm³/mol. The van der Waals surface area contributed by atoms with Crippen LogP contribution in [0.3, 0.4) is 0 Å². The van der Waals surface area contributed by atoms with E-state index in [1.54, 1.807) is 0 Å². The second kappa shape index (κ2) is 20.9. The quantitative estimate of drug-likeness (QED) is 0.284. The van der Waals surface area contributed by atoms with Crippen LogP contribution in [0.1, 0.15) is 65.2 Å². The summed E-state index contributed by atoms with van der Waals surface area (Å²) in [7, 11) is 0. The summed E-state index contributed by atoms with van der Waals surface area (Å²) in [5.41, 5.74) is 0. The SMILES string of the molecule is CC/C=C\C/C=C\C/C=C\C/C=C\C/C=C\CCCC(=O)NCCNC(C)=O. The Morgan fingerprint density at radius 1 is 0.679 bits per heavy atom. The van der Waals surface area contributed by atoms with Crippen LogP contribution in [0.15, 0.2) is 60.8 Å². The van der Waals surface area contributed by atoms with Crippen LogP contribution in [-0.4, -0.2) is 24.9 Å². The van der Waals surface area contributed by atoms with Crippen LogP contribution in [0.2, 0.25) is 0 Å². The molecular formula is C24H38N2O2. The molecule has 0 heterocycles. The van der Waals surface area contributed by atoms with E-state index < -0.39 is 0 Å². The number of carbonyl (C=O) groups excluding carboxylic acids is 2. The highest BCUT2D eigenvalue weighted by atomic mass is 16.2. The van der Waals surface area contributed by atoms with Gasteiger partial charge in [-0.25, -0.2) is 0 Å². The van der Waals surface area contributed by atoms with Gasteiger partial charge in [-0.05, 0) is 44.9 Å². The highest BCUT2D eigenvalue weighted by Gasteiger charge is 1.99. The number of nitrogens with one attached hydrogen (secondary N) is 2. The Labute approximate surface area is 171 Å². The van der Waals surface area contributed by atoms with Gasteiger partial charge in [0.15, 0.2) is 0 Å². The minimum Gasteiger partial charge on any atom is -0.355 e. The standard InChI is InChI=1S/C24H38N2O2/c1-3-4-5-6-7-8-9-10-11-12-13-14-15-16-17-18-19-20-24(28)26-22-21-25-23(2)27/h4-5,7-8,10-11,13-14,16-17H,3,6,9,12,15,18-22H2,1-2H3,(H,25,27)(H,26,28)/b5-4-,8-7-,11-10-,14-13-,17-16-. The van der Waals surface area contributed by atoms with Gasteiger partial charge < -0.3 is 10.6 Å². The smallest absolute Gasteiger partial charge is 0.220 e. The van der Waals surface area contributed by atoms with Crippen molar-refractivity contribution in [1.82, 2.24) is 10.6 Å². The molecule has 4 nitrogen and oxygen atoms in total. The molecule has 0 aliphatic heterocycles. The van der Waals surface area contributed by atoms with E-state index in [2.05, 4.69) is 78.3 Å². The Balaban J connectivity index is 3.51. The minimum atomic E-state index is -0.0763. The molecule has 4 heteroatoms. The van der Waals surface area contributed by atoms with Gasteiger partial charge in [-0.15, -0.1) is 0 Å². The Morgan fingerprint density at radius 2 is 1.14 bits per heavy atom. The summed E-state index contributed by atoms with van der Waals surface area (Å²) in [6, 6.07) is 0. The van der Waals surface area contributed by atoms with E-state index >= 15 is 0 Å². The molecule has 0 aromatic carbocycles. The first-order valence-electron chi connectivity index (χ1n) is 10.4. The maximum Gasteiger partial charge on any atom is 0.220 e. The lowest BCUT2D eigenvalue weighted by Gasteiger charge is -2.04. The van der Waals surface area contributed by atoms with Gasteiger partial charge in [0.25, 0.3) is 0 Å². The van der Waals surface area contributed by atoms with E-state index in [0.717, 1.165) is 44.9 Å². The Bertz CT molecular complexity index is 543. The van der Waals surface area contributed by atoms with Crippen molar-refractivity contribution in [2.45, 2.75) is 65.2 Å². The van der Waals surface area contributed by atoms with Crippen molar-refractivity contribution in [3.63, 3.8) is 0 Å². The molecule has 0 saturated heterocycles. The second-order valence-electron chi connectivity index (χ2n) is 6.43. The molecule has 0 radical (unpaired) electrons. The molecule has 0 rings (SSSR count). The number of allylic oxidation sites excluding steroid dienone is 10. The van der Waals surface area contributed by atoms with Gasteiger partial charge in [0, 0.05) is 26.4 Å².